The molecule has 10 heteroatoms. The molecule has 1 fully saturated rings. The number of allylic oxidation sites excluding steroid dienone is 3. The highest BCUT2D eigenvalue weighted by molar-refractivity contribution is 7.88. The van der Waals surface area contributed by atoms with Crippen molar-refractivity contribution in [2.24, 2.45) is 11.3 Å². The van der Waals surface area contributed by atoms with Crippen molar-refractivity contribution in [2.75, 3.05) is 32.5 Å². The molecule has 0 bridgehead atoms. The van der Waals surface area contributed by atoms with Crippen molar-refractivity contribution in [3.63, 3.8) is 0 Å². The SMILES string of the molecule is CC1CC=CC2=C1N(S(C)(=O)=O)CC21CCN(C(=O)[C@@H](COCc2ccccc2)NC(=O)OC(C)(C)C)CC1. The first kappa shape index (κ1) is 29.1. The van der Waals surface area contributed by atoms with Gasteiger partial charge in [-0.25, -0.2) is 13.2 Å². The zero-order chi connectivity index (χ0) is 28.4. The third-order valence-corrected chi connectivity index (χ3v) is 8.75. The van der Waals surface area contributed by atoms with E-state index >= 15 is 0 Å². The van der Waals surface area contributed by atoms with Crippen molar-refractivity contribution in [3.8, 4) is 0 Å². The first-order valence-electron chi connectivity index (χ1n) is 13.6. The minimum absolute atomic E-state index is 0.00598. The number of carbonyl (C=O) groups excluding carboxylic acids is 2. The Balaban J connectivity index is 1.46. The molecule has 214 valence electrons. The summed E-state index contributed by atoms with van der Waals surface area (Å²) < 4.78 is 38.2. The zero-order valence-corrected chi connectivity index (χ0v) is 24.4. The maximum absolute atomic E-state index is 13.6. The largest absolute Gasteiger partial charge is 0.444 e. The van der Waals surface area contributed by atoms with E-state index in [9.17, 15) is 18.0 Å². The molecule has 1 spiro atoms. The lowest BCUT2D eigenvalue weighted by atomic mass is 9.71. The van der Waals surface area contributed by atoms with Crippen LogP contribution in [-0.2, 0) is 30.9 Å². The lowest BCUT2D eigenvalue weighted by molar-refractivity contribution is -0.137. The van der Waals surface area contributed by atoms with Gasteiger partial charge in [-0.1, -0.05) is 49.4 Å². The second-order valence-electron chi connectivity index (χ2n) is 11.9. The first-order valence-corrected chi connectivity index (χ1v) is 15.4. The molecule has 2 aliphatic heterocycles. The van der Waals surface area contributed by atoms with Crippen molar-refractivity contribution >= 4 is 22.0 Å². The Morgan fingerprint density at radius 3 is 2.44 bits per heavy atom. The third kappa shape index (κ3) is 6.84. The molecule has 2 heterocycles. The van der Waals surface area contributed by atoms with Gasteiger partial charge in [0.25, 0.3) is 0 Å². The summed E-state index contributed by atoms with van der Waals surface area (Å²) in [5.41, 5.74) is 1.94. The molecule has 2 amide bonds. The topological polar surface area (TPSA) is 105 Å². The minimum atomic E-state index is -3.40. The van der Waals surface area contributed by atoms with Crippen molar-refractivity contribution < 1.29 is 27.5 Å². The summed E-state index contributed by atoms with van der Waals surface area (Å²) in [6.45, 7) is 9.02. The van der Waals surface area contributed by atoms with Gasteiger partial charge in [0.05, 0.1) is 19.5 Å². The lowest BCUT2D eigenvalue weighted by Gasteiger charge is -2.41. The molecule has 2 atom stereocenters. The van der Waals surface area contributed by atoms with E-state index in [1.165, 1.54) is 6.26 Å². The Labute approximate surface area is 232 Å². The van der Waals surface area contributed by atoms with E-state index in [-0.39, 0.29) is 23.8 Å². The van der Waals surface area contributed by atoms with Gasteiger partial charge in [0.2, 0.25) is 15.9 Å². The van der Waals surface area contributed by atoms with Crippen LogP contribution in [0.3, 0.4) is 0 Å². The van der Waals surface area contributed by atoms with E-state index < -0.39 is 27.8 Å². The number of amides is 2. The van der Waals surface area contributed by atoms with E-state index in [4.69, 9.17) is 9.47 Å². The maximum atomic E-state index is 13.6. The number of benzene rings is 1. The van der Waals surface area contributed by atoms with Crippen LogP contribution >= 0.6 is 0 Å². The molecule has 1 aliphatic carbocycles. The molecule has 9 nitrogen and oxygen atoms in total. The van der Waals surface area contributed by atoms with Gasteiger partial charge in [0.1, 0.15) is 11.6 Å². The summed E-state index contributed by atoms with van der Waals surface area (Å²) >= 11 is 0. The third-order valence-electron chi connectivity index (χ3n) is 7.62. The average Bonchev–Trinajstić information content (AvgIpc) is 3.19. The molecule has 0 radical (unpaired) electrons. The van der Waals surface area contributed by atoms with Crippen LogP contribution < -0.4 is 5.32 Å². The Bertz CT molecular complexity index is 1230. The summed E-state index contributed by atoms with van der Waals surface area (Å²) in [5, 5.41) is 2.71. The fourth-order valence-corrected chi connectivity index (χ4v) is 6.84. The van der Waals surface area contributed by atoms with E-state index in [1.807, 2.05) is 30.3 Å². The first-order chi connectivity index (χ1) is 18.3. The summed E-state index contributed by atoms with van der Waals surface area (Å²) in [7, 11) is -3.40. The second-order valence-corrected chi connectivity index (χ2v) is 13.8. The quantitative estimate of drug-likeness (QED) is 0.545. The molecule has 1 aromatic carbocycles. The van der Waals surface area contributed by atoms with Crippen LogP contribution in [0.25, 0.3) is 0 Å². The van der Waals surface area contributed by atoms with Crippen LogP contribution in [0.5, 0.6) is 0 Å². The monoisotopic (exact) mass is 559 g/mol. The number of nitrogens with zero attached hydrogens (tertiary/aromatic N) is 2. The number of nitrogens with one attached hydrogen (secondary N) is 1. The number of rotatable bonds is 7. The van der Waals surface area contributed by atoms with Crippen LogP contribution in [0.15, 0.2) is 53.8 Å². The van der Waals surface area contributed by atoms with Crippen molar-refractivity contribution in [1.29, 1.82) is 0 Å². The fraction of sp³-hybridized carbons (Fsp3) is 0.586. The standard InChI is InChI=1S/C29H41N3O6S/c1-21-10-9-13-23-25(21)32(39(5,35)36)20-29(23)14-16-31(17-15-29)26(33)24(30-27(34)38-28(2,3)4)19-37-18-22-11-7-6-8-12-22/h6-9,11-13,21,24H,10,14-20H2,1-5H3,(H,30,34)/t21?,24-/m1/s1. The lowest BCUT2D eigenvalue weighted by Crippen LogP contribution is -2.55. The van der Waals surface area contributed by atoms with Gasteiger partial charge in [-0.3, -0.25) is 9.10 Å². The van der Waals surface area contributed by atoms with Crippen molar-refractivity contribution in [2.45, 2.75) is 65.2 Å². The molecule has 39 heavy (non-hydrogen) atoms. The number of alkyl carbamates (subject to hydrolysis) is 1. The Hall–Kier alpha value is -2.85. The number of fused-ring (bicyclic) bond motifs is 1. The summed E-state index contributed by atoms with van der Waals surface area (Å²) in [5.74, 6) is -0.105. The van der Waals surface area contributed by atoms with E-state index in [1.54, 1.807) is 30.0 Å². The van der Waals surface area contributed by atoms with E-state index in [2.05, 4.69) is 24.4 Å². The van der Waals surface area contributed by atoms with Crippen LogP contribution in [0.1, 0.15) is 52.5 Å². The summed E-state index contributed by atoms with van der Waals surface area (Å²) in [4.78, 5) is 28.0. The molecular formula is C29H41N3O6S. The number of piperidine rings is 1. The molecule has 1 N–H and O–H groups in total. The van der Waals surface area contributed by atoms with Gasteiger partial charge in [0.15, 0.2) is 0 Å². The molecule has 1 saturated heterocycles. The van der Waals surface area contributed by atoms with Gasteiger partial charge in [-0.2, -0.15) is 0 Å². The smallest absolute Gasteiger partial charge is 0.408 e. The van der Waals surface area contributed by atoms with Crippen LogP contribution in [-0.4, -0.2) is 73.8 Å². The van der Waals surface area contributed by atoms with Gasteiger partial charge in [-0.05, 0) is 51.2 Å². The van der Waals surface area contributed by atoms with Gasteiger partial charge < -0.3 is 19.7 Å². The Kier molecular flexibility index (Phi) is 8.47. The predicted octanol–water partition coefficient (Wildman–Crippen LogP) is 3.83. The molecule has 4 rings (SSSR count). The van der Waals surface area contributed by atoms with E-state index in [0.29, 0.717) is 39.1 Å². The number of likely N-dealkylation sites (tertiary alicyclic amines) is 1. The van der Waals surface area contributed by atoms with E-state index in [0.717, 1.165) is 23.3 Å². The predicted molar refractivity (Wildman–Crippen MR) is 149 cm³/mol. The minimum Gasteiger partial charge on any atom is -0.444 e. The highest BCUT2D eigenvalue weighted by Crippen LogP contribution is 2.51. The van der Waals surface area contributed by atoms with Gasteiger partial charge >= 0.3 is 6.09 Å². The van der Waals surface area contributed by atoms with Gasteiger partial charge in [-0.15, -0.1) is 0 Å². The van der Waals surface area contributed by atoms with Crippen LogP contribution in [0.2, 0.25) is 0 Å². The number of sulfonamides is 1. The molecular weight excluding hydrogens is 518 g/mol. The molecule has 1 unspecified atom stereocenters. The fourth-order valence-electron chi connectivity index (χ4n) is 5.72. The second kappa shape index (κ2) is 11.3. The number of hydrogen-bond acceptors (Lipinski definition) is 6. The highest BCUT2D eigenvalue weighted by atomic mass is 32.2. The zero-order valence-electron chi connectivity index (χ0n) is 23.6. The Morgan fingerprint density at radius 1 is 1.15 bits per heavy atom. The number of ether oxygens (including phenoxy) is 2. The molecule has 3 aliphatic rings. The highest BCUT2D eigenvalue weighted by Gasteiger charge is 2.50. The maximum Gasteiger partial charge on any atom is 0.408 e. The molecule has 0 saturated carbocycles. The van der Waals surface area contributed by atoms with Gasteiger partial charge in [0, 0.05) is 36.7 Å². The number of carbonyl (C=O) groups is 2. The van der Waals surface area contributed by atoms with Crippen LogP contribution in [0.4, 0.5) is 4.79 Å². The summed E-state index contributed by atoms with van der Waals surface area (Å²) in [6.07, 6.45) is 6.90. The molecule has 1 aromatic rings. The van der Waals surface area contributed by atoms with Crippen LogP contribution in [0, 0.1) is 11.3 Å². The average molecular weight is 560 g/mol. The number of hydrogen-bond donors (Lipinski definition) is 1. The molecule has 0 aromatic heterocycles. The van der Waals surface area contributed by atoms with Crippen molar-refractivity contribution in [3.05, 3.63) is 59.3 Å². The van der Waals surface area contributed by atoms with Crippen molar-refractivity contribution in [1.82, 2.24) is 14.5 Å². The normalized spacial score (nSPS) is 21.6. The Morgan fingerprint density at radius 2 is 1.82 bits per heavy atom. The summed E-state index contributed by atoms with van der Waals surface area (Å²) in [6, 6.07) is 8.73.